The van der Waals surface area contributed by atoms with Gasteiger partial charge in [-0.15, -0.1) is 11.8 Å². The van der Waals surface area contributed by atoms with Crippen LogP contribution in [-0.4, -0.2) is 32.7 Å². The van der Waals surface area contributed by atoms with E-state index in [4.69, 9.17) is 4.74 Å². The van der Waals surface area contributed by atoms with Crippen molar-refractivity contribution in [3.05, 3.63) is 23.3 Å². The van der Waals surface area contributed by atoms with Crippen LogP contribution in [0.15, 0.2) is 17.0 Å². The molecule has 0 heterocycles. The molecule has 17 heavy (non-hydrogen) atoms. The van der Waals surface area contributed by atoms with Crippen LogP contribution < -0.4 is 10.1 Å². The third-order valence-electron chi connectivity index (χ3n) is 2.62. The van der Waals surface area contributed by atoms with E-state index < -0.39 is 0 Å². The van der Waals surface area contributed by atoms with Gasteiger partial charge < -0.3 is 10.1 Å². The number of rotatable bonds is 6. The molecule has 0 amide bonds. The predicted octanol–water partition coefficient (Wildman–Crippen LogP) is 2.38. The number of benzene rings is 1. The summed E-state index contributed by atoms with van der Waals surface area (Å²) in [5.74, 6) is 0.724. The van der Waals surface area contributed by atoms with Crippen LogP contribution in [0.3, 0.4) is 0 Å². The average Bonchev–Trinajstić information content (AvgIpc) is 2.37. The topological polar surface area (TPSA) is 38.3 Å². The van der Waals surface area contributed by atoms with E-state index >= 15 is 0 Å². The first-order chi connectivity index (χ1) is 8.17. The Labute approximate surface area is 107 Å². The molecule has 1 rings (SSSR count). The molecule has 0 saturated carbocycles. The van der Waals surface area contributed by atoms with Crippen LogP contribution in [0.25, 0.3) is 0 Å². The number of carbonyl (C=O) groups is 1. The third-order valence-corrected chi connectivity index (χ3v) is 3.44. The number of thioether (sulfide) groups is 1. The van der Waals surface area contributed by atoms with Gasteiger partial charge in [-0.05, 0) is 37.4 Å². The van der Waals surface area contributed by atoms with Crippen LogP contribution >= 0.6 is 11.8 Å². The lowest BCUT2D eigenvalue weighted by Crippen LogP contribution is -2.19. The van der Waals surface area contributed by atoms with Crippen molar-refractivity contribution in [2.24, 2.45) is 0 Å². The minimum atomic E-state index is 0.0577. The molecular formula is C13H19NO2S. The van der Waals surface area contributed by atoms with Gasteiger partial charge in [0.15, 0.2) is 5.78 Å². The summed E-state index contributed by atoms with van der Waals surface area (Å²) in [5, 5.41) is 2.87. The molecule has 1 aromatic rings. The minimum absolute atomic E-state index is 0.0577. The number of likely N-dealkylation sites (N-methyl/N-ethyl adjacent to an activating group) is 1. The number of hydrogen-bond donors (Lipinski definition) is 1. The van der Waals surface area contributed by atoms with E-state index in [9.17, 15) is 4.79 Å². The maximum atomic E-state index is 11.9. The SMILES string of the molecule is CCc1cc(OC)c(C(=O)CNC)cc1SC. The maximum absolute atomic E-state index is 11.9. The average molecular weight is 253 g/mol. The second kappa shape index (κ2) is 6.67. The minimum Gasteiger partial charge on any atom is -0.496 e. The molecular weight excluding hydrogens is 234 g/mol. The van der Waals surface area contributed by atoms with Gasteiger partial charge in [-0.3, -0.25) is 4.79 Å². The molecule has 0 saturated heterocycles. The predicted molar refractivity (Wildman–Crippen MR) is 72.4 cm³/mol. The number of carbonyl (C=O) groups excluding carboxylic acids is 1. The first kappa shape index (κ1) is 14.1. The van der Waals surface area contributed by atoms with E-state index in [1.807, 2.05) is 18.4 Å². The fourth-order valence-corrected chi connectivity index (χ4v) is 2.41. The van der Waals surface area contributed by atoms with Crippen molar-refractivity contribution in [3.63, 3.8) is 0 Å². The highest BCUT2D eigenvalue weighted by molar-refractivity contribution is 7.98. The van der Waals surface area contributed by atoms with Gasteiger partial charge in [-0.25, -0.2) is 0 Å². The number of methoxy groups -OCH3 is 1. The Kier molecular flexibility index (Phi) is 5.51. The fourth-order valence-electron chi connectivity index (χ4n) is 1.71. The molecule has 0 bridgehead atoms. The van der Waals surface area contributed by atoms with Gasteiger partial charge in [-0.2, -0.15) is 0 Å². The number of ether oxygens (including phenoxy) is 1. The number of ketones is 1. The highest BCUT2D eigenvalue weighted by Crippen LogP contribution is 2.29. The van der Waals surface area contributed by atoms with Crippen LogP contribution in [0.1, 0.15) is 22.8 Å². The molecule has 0 aliphatic heterocycles. The number of aryl methyl sites for hydroxylation is 1. The maximum Gasteiger partial charge on any atom is 0.180 e. The van der Waals surface area contributed by atoms with Crippen LogP contribution in [0.5, 0.6) is 5.75 Å². The van der Waals surface area contributed by atoms with Gasteiger partial charge in [0.05, 0.1) is 19.2 Å². The van der Waals surface area contributed by atoms with Crippen molar-refractivity contribution in [2.45, 2.75) is 18.2 Å². The lowest BCUT2D eigenvalue weighted by molar-refractivity contribution is 0.0990. The quantitative estimate of drug-likeness (QED) is 0.624. The summed E-state index contributed by atoms with van der Waals surface area (Å²) in [5.41, 5.74) is 1.87. The molecule has 3 nitrogen and oxygen atoms in total. The van der Waals surface area contributed by atoms with Crippen molar-refractivity contribution >= 4 is 17.5 Å². The van der Waals surface area contributed by atoms with Crippen molar-refractivity contribution in [1.82, 2.24) is 5.32 Å². The summed E-state index contributed by atoms with van der Waals surface area (Å²) in [7, 11) is 3.37. The Morgan fingerprint density at radius 1 is 1.47 bits per heavy atom. The summed E-state index contributed by atoms with van der Waals surface area (Å²) in [6.07, 6.45) is 2.96. The van der Waals surface area contributed by atoms with Crippen molar-refractivity contribution in [1.29, 1.82) is 0 Å². The molecule has 0 aliphatic rings. The molecule has 0 aromatic heterocycles. The normalized spacial score (nSPS) is 10.4. The Morgan fingerprint density at radius 2 is 2.18 bits per heavy atom. The lowest BCUT2D eigenvalue weighted by atomic mass is 10.0. The van der Waals surface area contributed by atoms with E-state index in [1.54, 1.807) is 25.9 Å². The summed E-state index contributed by atoms with van der Waals surface area (Å²) in [4.78, 5) is 13.1. The van der Waals surface area contributed by atoms with Crippen LogP contribution in [0.4, 0.5) is 0 Å². The van der Waals surface area contributed by atoms with Gasteiger partial charge in [0.1, 0.15) is 5.75 Å². The van der Waals surface area contributed by atoms with Crippen molar-refractivity contribution in [3.8, 4) is 5.75 Å². The molecule has 4 heteroatoms. The molecule has 94 valence electrons. The Hall–Kier alpha value is -1.00. The lowest BCUT2D eigenvalue weighted by Gasteiger charge is -2.13. The molecule has 1 N–H and O–H groups in total. The highest BCUT2D eigenvalue weighted by Gasteiger charge is 2.14. The van der Waals surface area contributed by atoms with E-state index in [1.165, 1.54) is 5.56 Å². The van der Waals surface area contributed by atoms with Gasteiger partial charge in [0.2, 0.25) is 0 Å². The van der Waals surface area contributed by atoms with Gasteiger partial charge in [0, 0.05) is 4.90 Å². The van der Waals surface area contributed by atoms with E-state index in [-0.39, 0.29) is 5.78 Å². The van der Waals surface area contributed by atoms with Crippen LogP contribution in [0, 0.1) is 0 Å². The first-order valence-corrected chi connectivity index (χ1v) is 6.83. The highest BCUT2D eigenvalue weighted by atomic mass is 32.2. The molecule has 0 spiro atoms. The largest absolute Gasteiger partial charge is 0.496 e. The molecule has 0 fully saturated rings. The molecule has 1 aromatic carbocycles. The number of nitrogens with one attached hydrogen (secondary N) is 1. The first-order valence-electron chi connectivity index (χ1n) is 5.60. The zero-order chi connectivity index (χ0) is 12.8. The standard InChI is InChI=1S/C13H19NO2S/c1-5-9-6-12(16-3)10(7-13(9)17-4)11(15)8-14-2/h6-7,14H,5,8H2,1-4H3. The van der Waals surface area contributed by atoms with Crippen LogP contribution in [-0.2, 0) is 6.42 Å². The van der Waals surface area contributed by atoms with Crippen molar-refractivity contribution < 1.29 is 9.53 Å². The van der Waals surface area contributed by atoms with Gasteiger partial charge in [0.25, 0.3) is 0 Å². The summed E-state index contributed by atoms with van der Waals surface area (Å²) < 4.78 is 5.30. The summed E-state index contributed by atoms with van der Waals surface area (Å²) >= 11 is 1.66. The third kappa shape index (κ3) is 3.23. The van der Waals surface area contributed by atoms with E-state index in [0.717, 1.165) is 11.3 Å². The Balaban J connectivity index is 3.23. The number of Topliss-reactive ketones (excluding diaryl/α,β-unsaturated/α-hetero) is 1. The second-order valence-electron chi connectivity index (χ2n) is 3.67. The zero-order valence-corrected chi connectivity index (χ0v) is 11.6. The second-order valence-corrected chi connectivity index (χ2v) is 4.52. The molecule has 0 unspecified atom stereocenters. The fraction of sp³-hybridized carbons (Fsp3) is 0.462. The Morgan fingerprint density at radius 3 is 2.65 bits per heavy atom. The monoisotopic (exact) mass is 253 g/mol. The van der Waals surface area contributed by atoms with Crippen molar-refractivity contribution in [2.75, 3.05) is 27.0 Å². The van der Waals surface area contributed by atoms with E-state index in [0.29, 0.717) is 17.9 Å². The van der Waals surface area contributed by atoms with E-state index in [2.05, 4.69) is 12.2 Å². The molecule has 0 radical (unpaired) electrons. The van der Waals surface area contributed by atoms with Gasteiger partial charge in [-0.1, -0.05) is 6.92 Å². The smallest absolute Gasteiger partial charge is 0.180 e. The number of hydrogen-bond acceptors (Lipinski definition) is 4. The Bertz CT molecular complexity index is 405. The zero-order valence-electron chi connectivity index (χ0n) is 10.8. The molecule has 0 aliphatic carbocycles. The van der Waals surface area contributed by atoms with Crippen LogP contribution in [0.2, 0.25) is 0 Å². The summed E-state index contributed by atoms with van der Waals surface area (Å²) in [6, 6.07) is 3.90. The molecule has 0 atom stereocenters. The summed E-state index contributed by atoms with van der Waals surface area (Å²) in [6.45, 7) is 2.43. The van der Waals surface area contributed by atoms with Gasteiger partial charge >= 0.3 is 0 Å².